The van der Waals surface area contributed by atoms with E-state index in [1.165, 1.54) is 11.1 Å². The Kier molecular flexibility index (Phi) is 4.23. The number of aryl methyl sites for hydroxylation is 2. The van der Waals surface area contributed by atoms with Crippen LogP contribution in [0.5, 0.6) is 5.75 Å². The Bertz CT molecular complexity index is 808. The molecule has 2 aromatic heterocycles. The zero-order valence-electron chi connectivity index (χ0n) is 13.1. The van der Waals surface area contributed by atoms with Gasteiger partial charge in [0.25, 0.3) is 5.91 Å². The highest BCUT2D eigenvalue weighted by Crippen LogP contribution is 2.16. The lowest BCUT2D eigenvalue weighted by atomic mass is 10.1. The van der Waals surface area contributed by atoms with Gasteiger partial charge in [0.2, 0.25) is 5.78 Å². The van der Waals surface area contributed by atoms with Gasteiger partial charge in [-0.05, 0) is 43.2 Å². The monoisotopic (exact) mass is 310 g/mol. The number of benzene rings is 1. The van der Waals surface area contributed by atoms with E-state index in [-0.39, 0.29) is 5.91 Å². The normalized spacial score (nSPS) is 10.7. The fourth-order valence-electron chi connectivity index (χ4n) is 2.17. The second-order valence-electron chi connectivity index (χ2n) is 5.30. The summed E-state index contributed by atoms with van der Waals surface area (Å²) in [4.78, 5) is 20.3. The van der Waals surface area contributed by atoms with Crippen LogP contribution in [0.1, 0.15) is 21.6 Å². The molecule has 0 fully saturated rings. The number of carbonyl (C=O) groups excluding carboxylic acids is 1. The summed E-state index contributed by atoms with van der Waals surface area (Å²) >= 11 is 0. The van der Waals surface area contributed by atoms with Gasteiger partial charge in [-0.2, -0.15) is 0 Å². The molecule has 0 aliphatic heterocycles. The van der Waals surface area contributed by atoms with Gasteiger partial charge in [-0.25, -0.2) is 9.97 Å². The van der Waals surface area contributed by atoms with Gasteiger partial charge in [0, 0.05) is 18.6 Å². The van der Waals surface area contributed by atoms with Gasteiger partial charge >= 0.3 is 0 Å². The van der Waals surface area contributed by atoms with E-state index in [1.807, 2.05) is 25.1 Å². The van der Waals surface area contributed by atoms with Gasteiger partial charge in [0.1, 0.15) is 18.1 Å². The van der Waals surface area contributed by atoms with E-state index >= 15 is 0 Å². The molecular formula is C17H18N4O2. The highest BCUT2D eigenvalue weighted by Gasteiger charge is 2.10. The Hall–Kier alpha value is -2.89. The zero-order valence-corrected chi connectivity index (χ0v) is 13.1. The smallest absolute Gasteiger partial charge is 0.271 e. The number of ether oxygens (including phenoxy) is 1. The van der Waals surface area contributed by atoms with Crippen molar-refractivity contribution in [3.63, 3.8) is 0 Å². The molecule has 1 N–H and O–H groups in total. The van der Waals surface area contributed by atoms with Gasteiger partial charge in [0.15, 0.2) is 0 Å². The van der Waals surface area contributed by atoms with Crippen LogP contribution in [0.25, 0.3) is 5.78 Å². The van der Waals surface area contributed by atoms with Crippen LogP contribution in [-0.2, 0) is 0 Å². The zero-order chi connectivity index (χ0) is 16.2. The highest BCUT2D eigenvalue weighted by molar-refractivity contribution is 5.92. The van der Waals surface area contributed by atoms with Gasteiger partial charge in [-0.3, -0.25) is 9.20 Å². The lowest BCUT2D eigenvalue weighted by molar-refractivity contribution is 0.0942. The van der Waals surface area contributed by atoms with Crippen LogP contribution < -0.4 is 10.1 Å². The van der Waals surface area contributed by atoms with Crippen molar-refractivity contribution < 1.29 is 9.53 Å². The van der Waals surface area contributed by atoms with E-state index < -0.39 is 0 Å². The molecule has 0 saturated heterocycles. The first-order chi connectivity index (χ1) is 11.1. The molecular weight excluding hydrogens is 292 g/mol. The second kappa shape index (κ2) is 6.48. The molecule has 2 heterocycles. The van der Waals surface area contributed by atoms with E-state index in [0.717, 1.165) is 5.75 Å². The van der Waals surface area contributed by atoms with Crippen molar-refractivity contribution in [2.45, 2.75) is 13.8 Å². The number of rotatable bonds is 5. The molecule has 0 bridgehead atoms. The summed E-state index contributed by atoms with van der Waals surface area (Å²) in [7, 11) is 0. The van der Waals surface area contributed by atoms with Crippen molar-refractivity contribution in [1.82, 2.24) is 19.7 Å². The topological polar surface area (TPSA) is 68.5 Å². The van der Waals surface area contributed by atoms with Crippen LogP contribution in [0.4, 0.5) is 0 Å². The largest absolute Gasteiger partial charge is 0.492 e. The van der Waals surface area contributed by atoms with E-state index in [4.69, 9.17) is 4.74 Å². The lowest BCUT2D eigenvalue weighted by Gasteiger charge is -2.08. The highest BCUT2D eigenvalue weighted by atomic mass is 16.5. The molecule has 0 radical (unpaired) electrons. The number of hydrogen-bond acceptors (Lipinski definition) is 4. The Morgan fingerprint density at radius 1 is 1.30 bits per heavy atom. The lowest BCUT2D eigenvalue weighted by Crippen LogP contribution is -2.28. The van der Waals surface area contributed by atoms with Crippen molar-refractivity contribution in [3.05, 3.63) is 59.7 Å². The molecule has 118 valence electrons. The Morgan fingerprint density at radius 3 is 2.96 bits per heavy atom. The van der Waals surface area contributed by atoms with E-state index in [9.17, 15) is 4.79 Å². The van der Waals surface area contributed by atoms with E-state index in [1.54, 1.807) is 29.1 Å². The van der Waals surface area contributed by atoms with Crippen molar-refractivity contribution in [3.8, 4) is 5.75 Å². The summed E-state index contributed by atoms with van der Waals surface area (Å²) in [5, 5.41) is 2.79. The third kappa shape index (κ3) is 3.48. The molecule has 1 amide bonds. The summed E-state index contributed by atoms with van der Waals surface area (Å²) < 4.78 is 7.34. The second-order valence-corrected chi connectivity index (χ2v) is 5.30. The number of nitrogens with zero attached hydrogens (tertiary/aromatic N) is 3. The number of amides is 1. The minimum Gasteiger partial charge on any atom is -0.492 e. The van der Waals surface area contributed by atoms with Gasteiger partial charge in [-0.1, -0.05) is 6.07 Å². The molecule has 1 aromatic carbocycles. The number of nitrogens with one attached hydrogen (secondary N) is 1. The maximum atomic E-state index is 12.1. The fourth-order valence-corrected chi connectivity index (χ4v) is 2.17. The van der Waals surface area contributed by atoms with Gasteiger partial charge in [-0.15, -0.1) is 0 Å². The summed E-state index contributed by atoms with van der Waals surface area (Å²) in [5.74, 6) is 1.07. The van der Waals surface area contributed by atoms with Crippen LogP contribution in [-0.4, -0.2) is 33.4 Å². The molecule has 0 saturated carbocycles. The maximum absolute atomic E-state index is 12.1. The van der Waals surface area contributed by atoms with Gasteiger partial charge in [0.05, 0.1) is 6.54 Å². The summed E-state index contributed by atoms with van der Waals surface area (Å²) in [6.45, 7) is 4.91. The molecule has 6 heteroatoms. The molecule has 0 unspecified atom stereocenters. The average Bonchev–Trinajstić information content (AvgIpc) is 2.99. The molecule has 0 spiro atoms. The summed E-state index contributed by atoms with van der Waals surface area (Å²) in [6, 6.07) is 7.73. The third-order valence-corrected chi connectivity index (χ3v) is 3.60. The van der Waals surface area contributed by atoms with Crippen LogP contribution in [0.15, 0.2) is 42.9 Å². The number of aromatic nitrogens is 3. The Balaban J connectivity index is 1.52. The molecule has 3 rings (SSSR count). The van der Waals surface area contributed by atoms with Crippen LogP contribution in [0.3, 0.4) is 0 Å². The van der Waals surface area contributed by atoms with Crippen LogP contribution >= 0.6 is 0 Å². The van der Waals surface area contributed by atoms with E-state index in [2.05, 4.69) is 22.2 Å². The first-order valence-corrected chi connectivity index (χ1v) is 7.41. The fraction of sp³-hybridized carbons (Fsp3) is 0.235. The van der Waals surface area contributed by atoms with Crippen LogP contribution in [0, 0.1) is 13.8 Å². The number of fused-ring (bicyclic) bond motifs is 1. The van der Waals surface area contributed by atoms with Crippen LogP contribution in [0.2, 0.25) is 0 Å². The minimum atomic E-state index is -0.237. The number of hydrogen-bond donors (Lipinski definition) is 1. The first-order valence-electron chi connectivity index (χ1n) is 7.41. The molecule has 6 nitrogen and oxygen atoms in total. The number of imidazole rings is 1. The molecule has 0 aliphatic rings. The SMILES string of the molecule is Cc1ccc(OCCNC(=O)c2cn3cccnc3n2)cc1C. The Morgan fingerprint density at radius 2 is 2.17 bits per heavy atom. The van der Waals surface area contributed by atoms with E-state index in [0.29, 0.717) is 24.6 Å². The maximum Gasteiger partial charge on any atom is 0.271 e. The standard InChI is InChI=1S/C17H18N4O2/c1-12-4-5-14(10-13(12)2)23-9-7-18-16(22)15-11-21-8-3-6-19-17(21)20-15/h3-6,8,10-11H,7,9H2,1-2H3,(H,18,22). The molecule has 3 aromatic rings. The molecule has 0 aliphatic carbocycles. The average molecular weight is 310 g/mol. The summed E-state index contributed by atoms with van der Waals surface area (Å²) in [6.07, 6.45) is 5.10. The molecule has 23 heavy (non-hydrogen) atoms. The quantitative estimate of drug-likeness (QED) is 0.733. The van der Waals surface area contributed by atoms with Crippen molar-refractivity contribution in [2.75, 3.05) is 13.2 Å². The van der Waals surface area contributed by atoms with Gasteiger partial charge < -0.3 is 10.1 Å². The van der Waals surface area contributed by atoms with Crippen molar-refractivity contribution in [2.24, 2.45) is 0 Å². The first kappa shape index (κ1) is 15.0. The number of carbonyl (C=O) groups is 1. The van der Waals surface area contributed by atoms with Crippen molar-refractivity contribution >= 4 is 11.7 Å². The predicted molar refractivity (Wildman–Crippen MR) is 86.7 cm³/mol. The Labute approximate surface area is 134 Å². The van der Waals surface area contributed by atoms with Crippen molar-refractivity contribution in [1.29, 1.82) is 0 Å². The summed E-state index contributed by atoms with van der Waals surface area (Å²) in [5.41, 5.74) is 2.75. The molecule has 0 atom stereocenters. The predicted octanol–water partition coefficient (Wildman–Crippen LogP) is 2.15. The minimum absolute atomic E-state index is 0.237. The third-order valence-electron chi connectivity index (χ3n) is 3.60.